The topological polar surface area (TPSA) is 44.1 Å². The molecule has 0 radical (unpaired) electrons. The summed E-state index contributed by atoms with van der Waals surface area (Å²) in [6, 6.07) is 16.6. The zero-order valence-corrected chi connectivity index (χ0v) is 17.0. The molecule has 0 aliphatic rings. The highest BCUT2D eigenvalue weighted by atomic mass is 16.5. The SMILES string of the molecule is COc1ccc2c(c1)c(-c1ccc(-c3cn(C)c4ccc(OC)cc34)[nH]1)cn2C. The number of aromatic nitrogens is 3. The molecule has 3 aromatic heterocycles. The first-order valence-corrected chi connectivity index (χ1v) is 9.55. The molecule has 0 amide bonds. The quantitative estimate of drug-likeness (QED) is 0.453. The van der Waals surface area contributed by atoms with Crippen molar-refractivity contribution in [3.05, 3.63) is 60.9 Å². The Hall–Kier alpha value is -3.60. The van der Waals surface area contributed by atoms with Crippen molar-refractivity contribution in [1.82, 2.24) is 14.1 Å². The maximum atomic E-state index is 5.44. The summed E-state index contributed by atoms with van der Waals surface area (Å²) in [7, 11) is 7.54. The summed E-state index contributed by atoms with van der Waals surface area (Å²) in [6.45, 7) is 0. The van der Waals surface area contributed by atoms with Crippen LogP contribution in [0.15, 0.2) is 60.9 Å². The molecule has 5 aromatic rings. The number of nitrogens with zero attached hydrogens (tertiary/aromatic N) is 2. The fourth-order valence-electron chi connectivity index (χ4n) is 4.13. The second kappa shape index (κ2) is 6.48. The van der Waals surface area contributed by atoms with Gasteiger partial charge in [0.05, 0.1) is 14.2 Å². The van der Waals surface area contributed by atoms with E-state index in [0.29, 0.717) is 0 Å². The molecule has 0 unspecified atom stereocenters. The Morgan fingerprint density at radius 2 is 1.10 bits per heavy atom. The number of rotatable bonds is 4. The number of aromatic amines is 1. The lowest BCUT2D eigenvalue weighted by atomic mass is 10.1. The van der Waals surface area contributed by atoms with Gasteiger partial charge >= 0.3 is 0 Å². The molecular formula is C24H23N3O2. The molecule has 0 spiro atoms. The van der Waals surface area contributed by atoms with Crippen LogP contribution in [0.3, 0.4) is 0 Å². The van der Waals surface area contributed by atoms with Crippen LogP contribution >= 0.6 is 0 Å². The summed E-state index contributed by atoms with van der Waals surface area (Å²) < 4.78 is 15.2. The zero-order chi connectivity index (χ0) is 20.1. The molecule has 1 N–H and O–H groups in total. The standard InChI is InChI=1S/C24H23N3O2/c1-26-13-19(17-11-15(28-3)5-9-23(17)26)21-7-8-22(25-21)20-14-27(2)24-10-6-16(29-4)12-18(20)24/h5-14,25H,1-4H3. The lowest BCUT2D eigenvalue weighted by molar-refractivity contribution is 0.415. The van der Waals surface area contributed by atoms with E-state index in [1.807, 2.05) is 12.1 Å². The molecule has 5 nitrogen and oxygen atoms in total. The summed E-state index contributed by atoms with van der Waals surface area (Å²) in [4.78, 5) is 3.62. The van der Waals surface area contributed by atoms with Gasteiger partial charge in [0, 0.05) is 70.8 Å². The van der Waals surface area contributed by atoms with Gasteiger partial charge in [-0.15, -0.1) is 0 Å². The molecule has 0 saturated carbocycles. The van der Waals surface area contributed by atoms with Gasteiger partial charge in [-0.25, -0.2) is 0 Å². The molecule has 5 heteroatoms. The monoisotopic (exact) mass is 385 g/mol. The number of hydrogen-bond donors (Lipinski definition) is 1. The lowest BCUT2D eigenvalue weighted by Gasteiger charge is -2.02. The molecule has 0 saturated heterocycles. The lowest BCUT2D eigenvalue weighted by Crippen LogP contribution is -1.85. The summed E-state index contributed by atoms with van der Waals surface area (Å²) in [6.07, 6.45) is 4.32. The minimum Gasteiger partial charge on any atom is -0.497 e. The molecule has 0 aliphatic carbocycles. The van der Waals surface area contributed by atoms with Crippen molar-refractivity contribution in [3.8, 4) is 34.0 Å². The molecule has 0 bridgehead atoms. The first kappa shape index (κ1) is 17.5. The van der Waals surface area contributed by atoms with E-state index in [4.69, 9.17) is 9.47 Å². The highest BCUT2D eigenvalue weighted by molar-refractivity contribution is 5.99. The highest BCUT2D eigenvalue weighted by Crippen LogP contribution is 2.36. The Balaban J connectivity index is 1.66. The van der Waals surface area contributed by atoms with Gasteiger partial charge in [0.1, 0.15) is 11.5 Å². The minimum atomic E-state index is 0.859. The summed E-state index contributed by atoms with van der Waals surface area (Å²) in [5, 5.41) is 2.33. The second-order valence-electron chi connectivity index (χ2n) is 7.36. The van der Waals surface area contributed by atoms with Crippen LogP contribution in [0.5, 0.6) is 11.5 Å². The van der Waals surface area contributed by atoms with Crippen LogP contribution in [0.2, 0.25) is 0 Å². The number of methoxy groups -OCH3 is 2. The van der Waals surface area contributed by atoms with E-state index < -0.39 is 0 Å². The van der Waals surface area contributed by atoms with Crippen molar-refractivity contribution < 1.29 is 9.47 Å². The molecular weight excluding hydrogens is 362 g/mol. The Morgan fingerprint density at radius 3 is 1.52 bits per heavy atom. The third-order valence-electron chi connectivity index (χ3n) is 5.66. The summed E-state index contributed by atoms with van der Waals surface area (Å²) in [5.41, 5.74) is 6.83. The van der Waals surface area contributed by atoms with E-state index in [-0.39, 0.29) is 0 Å². The molecule has 0 fully saturated rings. The van der Waals surface area contributed by atoms with Crippen molar-refractivity contribution >= 4 is 21.8 Å². The molecule has 29 heavy (non-hydrogen) atoms. The molecule has 3 heterocycles. The van der Waals surface area contributed by atoms with E-state index in [9.17, 15) is 0 Å². The van der Waals surface area contributed by atoms with Crippen molar-refractivity contribution in [2.75, 3.05) is 14.2 Å². The Morgan fingerprint density at radius 1 is 0.655 bits per heavy atom. The van der Waals surface area contributed by atoms with E-state index in [1.54, 1.807) is 14.2 Å². The molecule has 5 rings (SSSR count). The number of fused-ring (bicyclic) bond motifs is 2. The Labute approximate surface area is 169 Å². The van der Waals surface area contributed by atoms with Crippen LogP contribution < -0.4 is 9.47 Å². The molecule has 0 atom stereocenters. The zero-order valence-electron chi connectivity index (χ0n) is 17.0. The second-order valence-corrected chi connectivity index (χ2v) is 7.36. The predicted octanol–water partition coefficient (Wildman–Crippen LogP) is 5.35. The van der Waals surface area contributed by atoms with Crippen LogP contribution in [0.25, 0.3) is 44.3 Å². The van der Waals surface area contributed by atoms with Crippen LogP contribution in [-0.4, -0.2) is 28.3 Å². The summed E-state index contributed by atoms with van der Waals surface area (Å²) >= 11 is 0. The highest BCUT2D eigenvalue weighted by Gasteiger charge is 2.15. The number of benzene rings is 2. The fourth-order valence-corrected chi connectivity index (χ4v) is 4.13. The maximum absolute atomic E-state index is 5.44. The van der Waals surface area contributed by atoms with Crippen LogP contribution in [-0.2, 0) is 14.1 Å². The summed E-state index contributed by atoms with van der Waals surface area (Å²) in [5.74, 6) is 1.72. The number of H-pyrrole nitrogens is 1. The van der Waals surface area contributed by atoms with Crippen LogP contribution in [0.4, 0.5) is 0 Å². The average Bonchev–Trinajstić information content (AvgIpc) is 3.43. The number of nitrogens with one attached hydrogen (secondary N) is 1. The van der Waals surface area contributed by atoms with Crippen molar-refractivity contribution in [2.45, 2.75) is 0 Å². The minimum absolute atomic E-state index is 0.859. The van der Waals surface area contributed by atoms with Crippen molar-refractivity contribution in [1.29, 1.82) is 0 Å². The predicted molar refractivity (Wildman–Crippen MR) is 118 cm³/mol. The van der Waals surface area contributed by atoms with Crippen molar-refractivity contribution in [2.24, 2.45) is 14.1 Å². The number of hydrogen-bond acceptors (Lipinski definition) is 2. The van der Waals surface area contributed by atoms with Gasteiger partial charge in [-0.05, 0) is 48.5 Å². The van der Waals surface area contributed by atoms with Gasteiger partial charge in [-0.2, -0.15) is 0 Å². The fraction of sp³-hybridized carbons (Fsp3) is 0.167. The Kier molecular flexibility index (Phi) is 3.91. The largest absolute Gasteiger partial charge is 0.497 e. The number of aryl methyl sites for hydroxylation is 2. The van der Waals surface area contributed by atoms with Gasteiger partial charge < -0.3 is 23.6 Å². The maximum Gasteiger partial charge on any atom is 0.119 e. The van der Waals surface area contributed by atoms with E-state index in [1.165, 1.54) is 21.8 Å². The van der Waals surface area contributed by atoms with Gasteiger partial charge in [0.25, 0.3) is 0 Å². The molecule has 2 aromatic carbocycles. The Bertz CT molecular complexity index is 1250. The number of ether oxygens (including phenoxy) is 2. The third kappa shape index (κ3) is 2.70. The third-order valence-corrected chi connectivity index (χ3v) is 5.66. The van der Waals surface area contributed by atoms with Crippen LogP contribution in [0.1, 0.15) is 0 Å². The van der Waals surface area contributed by atoms with Crippen molar-refractivity contribution in [3.63, 3.8) is 0 Å². The van der Waals surface area contributed by atoms with Gasteiger partial charge in [0.2, 0.25) is 0 Å². The molecule has 146 valence electrons. The smallest absolute Gasteiger partial charge is 0.119 e. The van der Waals surface area contributed by atoms with E-state index in [0.717, 1.165) is 34.0 Å². The first-order chi connectivity index (χ1) is 14.1. The van der Waals surface area contributed by atoms with Gasteiger partial charge in [-0.1, -0.05) is 0 Å². The normalized spacial score (nSPS) is 11.4. The van der Waals surface area contributed by atoms with E-state index >= 15 is 0 Å². The van der Waals surface area contributed by atoms with E-state index in [2.05, 4.69) is 77.0 Å². The molecule has 0 aliphatic heterocycles. The van der Waals surface area contributed by atoms with Crippen LogP contribution in [0, 0.1) is 0 Å². The van der Waals surface area contributed by atoms with Gasteiger partial charge in [-0.3, -0.25) is 0 Å². The average molecular weight is 385 g/mol. The van der Waals surface area contributed by atoms with Gasteiger partial charge in [0.15, 0.2) is 0 Å². The first-order valence-electron chi connectivity index (χ1n) is 9.55.